The second-order valence-corrected chi connectivity index (χ2v) is 3.43. The highest BCUT2D eigenvalue weighted by Gasteiger charge is 2.02. The Hall–Kier alpha value is -1.24. The molecule has 16 heavy (non-hydrogen) atoms. The van der Waals surface area contributed by atoms with Gasteiger partial charge in [0.15, 0.2) is 6.61 Å². The molecule has 5 nitrogen and oxygen atoms in total. The van der Waals surface area contributed by atoms with Gasteiger partial charge in [-0.05, 0) is 24.3 Å². The van der Waals surface area contributed by atoms with Crippen LogP contribution in [0.3, 0.4) is 0 Å². The van der Waals surface area contributed by atoms with Crippen molar-refractivity contribution in [3.05, 3.63) is 24.3 Å². The van der Waals surface area contributed by atoms with E-state index in [9.17, 15) is 4.79 Å². The van der Waals surface area contributed by atoms with E-state index in [1.165, 1.54) is 14.2 Å². The Morgan fingerprint density at radius 2 is 1.94 bits per heavy atom. The van der Waals surface area contributed by atoms with Crippen molar-refractivity contribution in [3.8, 4) is 5.75 Å². The standard InChI is InChI=1S/C10H12O5S/c1-12-10(11)7-14-8-3-5-9(6-4-8)16-15-13-2/h3-6H,7H2,1-2H3. The number of rotatable bonds is 6. The first-order chi connectivity index (χ1) is 7.76. The van der Waals surface area contributed by atoms with Gasteiger partial charge in [-0.2, -0.15) is 4.33 Å². The second-order valence-electron chi connectivity index (χ2n) is 2.65. The molecule has 0 aliphatic carbocycles. The molecule has 0 atom stereocenters. The van der Waals surface area contributed by atoms with Crippen molar-refractivity contribution in [2.75, 3.05) is 20.8 Å². The Morgan fingerprint density at radius 3 is 2.50 bits per heavy atom. The third-order valence-corrected chi connectivity index (χ3v) is 2.28. The average Bonchev–Trinajstić information content (AvgIpc) is 2.34. The molecule has 0 aromatic heterocycles. The molecule has 0 heterocycles. The van der Waals surface area contributed by atoms with E-state index >= 15 is 0 Å². The molecule has 0 N–H and O–H groups in total. The van der Waals surface area contributed by atoms with Gasteiger partial charge in [-0.3, -0.25) is 0 Å². The Labute approximate surface area is 97.8 Å². The lowest BCUT2D eigenvalue weighted by molar-refractivity contribution is -0.160. The maximum atomic E-state index is 10.8. The van der Waals surface area contributed by atoms with Crippen molar-refractivity contribution >= 4 is 18.0 Å². The van der Waals surface area contributed by atoms with E-state index in [0.717, 1.165) is 16.9 Å². The van der Waals surface area contributed by atoms with Crippen LogP contribution in [0.25, 0.3) is 0 Å². The quantitative estimate of drug-likeness (QED) is 0.329. The molecule has 1 rings (SSSR count). The minimum Gasteiger partial charge on any atom is -0.482 e. The highest BCUT2D eigenvalue weighted by atomic mass is 32.2. The Kier molecular flexibility index (Phi) is 5.69. The fourth-order valence-electron chi connectivity index (χ4n) is 0.866. The van der Waals surface area contributed by atoms with Crippen molar-refractivity contribution in [3.63, 3.8) is 0 Å². The summed E-state index contributed by atoms with van der Waals surface area (Å²) in [5.74, 6) is 0.174. The Morgan fingerprint density at radius 1 is 1.25 bits per heavy atom. The summed E-state index contributed by atoms with van der Waals surface area (Å²) in [5.41, 5.74) is 0. The van der Waals surface area contributed by atoms with Crippen molar-refractivity contribution in [1.29, 1.82) is 0 Å². The number of ether oxygens (including phenoxy) is 2. The maximum absolute atomic E-state index is 10.8. The zero-order chi connectivity index (χ0) is 11.8. The summed E-state index contributed by atoms with van der Waals surface area (Å²) in [6.07, 6.45) is 0. The number of carbonyl (C=O) groups is 1. The monoisotopic (exact) mass is 244 g/mol. The van der Waals surface area contributed by atoms with Gasteiger partial charge in [0.25, 0.3) is 0 Å². The molecule has 0 aliphatic rings. The third-order valence-electron chi connectivity index (χ3n) is 1.61. The van der Waals surface area contributed by atoms with Crippen LogP contribution in [0.5, 0.6) is 5.75 Å². The highest BCUT2D eigenvalue weighted by molar-refractivity contribution is 7.94. The van der Waals surface area contributed by atoms with Crippen LogP contribution >= 0.6 is 12.0 Å². The first kappa shape index (κ1) is 12.8. The average molecular weight is 244 g/mol. The van der Waals surface area contributed by atoms with Crippen molar-refractivity contribution in [2.24, 2.45) is 0 Å². The van der Waals surface area contributed by atoms with Crippen molar-refractivity contribution < 1.29 is 23.5 Å². The van der Waals surface area contributed by atoms with Gasteiger partial charge in [0.1, 0.15) is 5.75 Å². The molecule has 0 radical (unpaired) electrons. The van der Waals surface area contributed by atoms with Crippen LogP contribution in [0.2, 0.25) is 0 Å². The van der Waals surface area contributed by atoms with E-state index < -0.39 is 5.97 Å². The van der Waals surface area contributed by atoms with E-state index in [-0.39, 0.29) is 6.61 Å². The van der Waals surface area contributed by atoms with E-state index in [4.69, 9.17) is 4.74 Å². The lowest BCUT2D eigenvalue weighted by atomic mass is 10.3. The van der Waals surface area contributed by atoms with E-state index in [2.05, 4.69) is 14.0 Å². The Balaban J connectivity index is 2.41. The van der Waals surface area contributed by atoms with Gasteiger partial charge < -0.3 is 9.47 Å². The van der Waals surface area contributed by atoms with Crippen LogP contribution in [-0.2, 0) is 18.8 Å². The van der Waals surface area contributed by atoms with Crippen molar-refractivity contribution in [2.45, 2.75) is 4.90 Å². The van der Waals surface area contributed by atoms with E-state index in [1.807, 2.05) is 0 Å². The zero-order valence-electron chi connectivity index (χ0n) is 8.97. The number of esters is 1. The summed E-state index contributed by atoms with van der Waals surface area (Å²) in [7, 11) is 2.74. The first-order valence-corrected chi connectivity index (χ1v) is 5.17. The minimum absolute atomic E-state index is 0.0996. The zero-order valence-corrected chi connectivity index (χ0v) is 9.78. The van der Waals surface area contributed by atoms with Crippen LogP contribution in [0.4, 0.5) is 0 Å². The predicted molar refractivity (Wildman–Crippen MR) is 57.9 cm³/mol. The molecule has 0 bridgehead atoms. The smallest absolute Gasteiger partial charge is 0.343 e. The summed E-state index contributed by atoms with van der Waals surface area (Å²) in [6.45, 7) is -0.0996. The maximum Gasteiger partial charge on any atom is 0.343 e. The summed E-state index contributed by atoms with van der Waals surface area (Å²) in [4.78, 5) is 16.1. The first-order valence-electron chi connectivity index (χ1n) is 4.43. The normalized spacial score (nSPS) is 9.88. The van der Waals surface area contributed by atoms with Crippen LogP contribution in [0.15, 0.2) is 29.2 Å². The fourth-order valence-corrected chi connectivity index (χ4v) is 1.26. The molecule has 0 spiro atoms. The molecule has 0 fully saturated rings. The molecular weight excluding hydrogens is 232 g/mol. The topological polar surface area (TPSA) is 54.0 Å². The van der Waals surface area contributed by atoms with Gasteiger partial charge in [-0.1, -0.05) is 0 Å². The lowest BCUT2D eigenvalue weighted by Gasteiger charge is -2.05. The number of methoxy groups -OCH3 is 1. The largest absolute Gasteiger partial charge is 0.482 e. The molecule has 0 saturated carbocycles. The summed E-state index contributed by atoms with van der Waals surface area (Å²) < 4.78 is 14.3. The van der Waals surface area contributed by atoms with Gasteiger partial charge >= 0.3 is 5.97 Å². The molecule has 0 saturated heterocycles. The molecule has 0 unspecified atom stereocenters. The van der Waals surface area contributed by atoms with Crippen LogP contribution in [0.1, 0.15) is 0 Å². The van der Waals surface area contributed by atoms with Crippen LogP contribution in [0, 0.1) is 0 Å². The van der Waals surface area contributed by atoms with Crippen molar-refractivity contribution in [1.82, 2.24) is 0 Å². The molecule has 0 amide bonds. The number of hydrogen-bond acceptors (Lipinski definition) is 6. The SMILES string of the molecule is COOSc1ccc(OCC(=O)OC)cc1. The van der Waals surface area contributed by atoms with Gasteiger partial charge in [0, 0.05) is 4.90 Å². The molecule has 6 heteroatoms. The number of carbonyl (C=O) groups excluding carboxylic acids is 1. The number of benzene rings is 1. The van der Waals surface area contributed by atoms with Crippen LogP contribution < -0.4 is 4.74 Å². The third kappa shape index (κ3) is 4.52. The van der Waals surface area contributed by atoms with Gasteiger partial charge in [-0.25, -0.2) is 9.68 Å². The van der Waals surface area contributed by atoms with Gasteiger partial charge in [0.05, 0.1) is 26.3 Å². The van der Waals surface area contributed by atoms with Gasteiger partial charge in [-0.15, -0.1) is 0 Å². The predicted octanol–water partition coefficient (Wildman–Crippen LogP) is 1.82. The highest BCUT2D eigenvalue weighted by Crippen LogP contribution is 2.22. The second kappa shape index (κ2) is 7.10. The number of hydrogen-bond donors (Lipinski definition) is 0. The molecule has 1 aromatic carbocycles. The summed E-state index contributed by atoms with van der Waals surface area (Å²) in [6, 6.07) is 7.03. The molecule has 1 aromatic rings. The summed E-state index contributed by atoms with van der Waals surface area (Å²) >= 11 is 1.09. The summed E-state index contributed by atoms with van der Waals surface area (Å²) in [5, 5.41) is 0. The van der Waals surface area contributed by atoms with E-state index in [1.54, 1.807) is 24.3 Å². The van der Waals surface area contributed by atoms with Crippen LogP contribution in [-0.4, -0.2) is 26.8 Å². The lowest BCUT2D eigenvalue weighted by Crippen LogP contribution is -2.12. The Bertz CT molecular complexity index is 324. The molecular formula is C10H12O5S. The fraction of sp³-hybridized carbons (Fsp3) is 0.300. The van der Waals surface area contributed by atoms with Gasteiger partial charge in [0.2, 0.25) is 0 Å². The molecule has 88 valence electrons. The van der Waals surface area contributed by atoms with E-state index in [0.29, 0.717) is 5.75 Å². The minimum atomic E-state index is -0.416. The molecule has 0 aliphatic heterocycles.